The summed E-state index contributed by atoms with van der Waals surface area (Å²) in [6.45, 7) is -2.92. The van der Waals surface area contributed by atoms with Crippen LogP contribution in [-0.2, 0) is 27.8 Å². The molecule has 0 aliphatic rings. The molecule has 1 heterocycles. The Morgan fingerprint density at radius 1 is 1.07 bits per heavy atom. The highest BCUT2D eigenvalue weighted by Crippen LogP contribution is 2.18. The summed E-state index contributed by atoms with van der Waals surface area (Å²) < 4.78 is 61.0. The molecule has 0 aliphatic carbocycles. The largest absolute Gasteiger partial charge is 0.468 e. The number of furan rings is 1. The highest BCUT2D eigenvalue weighted by Gasteiger charge is 2.15. The number of halogens is 2. The number of amides is 1. The zero-order valence-electron chi connectivity index (χ0n) is 15.5. The predicted octanol–water partition coefficient (Wildman–Crippen LogP) is 3.54. The monoisotopic (exact) mass is 436 g/mol. The van der Waals surface area contributed by atoms with Crippen LogP contribution in [0.4, 0.5) is 14.5 Å². The van der Waals surface area contributed by atoms with Crippen molar-refractivity contribution in [2.24, 2.45) is 0 Å². The van der Waals surface area contributed by atoms with Crippen molar-refractivity contribution in [3.05, 3.63) is 78.3 Å². The first kappa shape index (κ1) is 21.5. The normalized spacial score (nSPS) is 11.4. The molecule has 0 radical (unpaired) electrons. The van der Waals surface area contributed by atoms with Gasteiger partial charge in [0, 0.05) is 5.69 Å². The van der Waals surface area contributed by atoms with Crippen molar-refractivity contribution in [2.45, 2.75) is 24.5 Å². The Bertz CT molecular complexity index is 1080. The molecule has 0 saturated heterocycles. The maximum atomic E-state index is 12.4. The van der Waals surface area contributed by atoms with Crippen LogP contribution < -0.4 is 14.8 Å². The molecule has 0 saturated carbocycles. The Labute approximate surface area is 171 Å². The smallest absolute Gasteiger partial charge is 0.387 e. The molecule has 2 N–H and O–H groups in total. The van der Waals surface area contributed by atoms with E-state index in [2.05, 4.69) is 14.8 Å². The molecular weight excluding hydrogens is 418 g/mol. The molecule has 2 aromatic carbocycles. The second-order valence-electron chi connectivity index (χ2n) is 6.18. The molecule has 0 atom stereocenters. The summed E-state index contributed by atoms with van der Waals surface area (Å²) in [5.74, 6) is 0.0673. The van der Waals surface area contributed by atoms with Gasteiger partial charge in [0.05, 0.1) is 24.1 Å². The van der Waals surface area contributed by atoms with Gasteiger partial charge in [0.1, 0.15) is 11.5 Å². The minimum atomic E-state index is -3.80. The minimum Gasteiger partial charge on any atom is -0.468 e. The van der Waals surface area contributed by atoms with E-state index in [1.54, 1.807) is 18.2 Å². The number of sulfonamides is 1. The van der Waals surface area contributed by atoms with E-state index in [1.807, 2.05) is 0 Å². The Balaban J connectivity index is 1.60. The summed E-state index contributed by atoms with van der Waals surface area (Å²) in [6, 6.07) is 14.8. The number of alkyl halides is 2. The van der Waals surface area contributed by atoms with Gasteiger partial charge in [-0.15, -0.1) is 0 Å². The zero-order chi connectivity index (χ0) is 21.6. The topological polar surface area (TPSA) is 97.6 Å². The maximum absolute atomic E-state index is 12.4. The van der Waals surface area contributed by atoms with Crippen LogP contribution in [0.2, 0.25) is 0 Å². The summed E-state index contributed by atoms with van der Waals surface area (Å²) in [5, 5.41) is 2.62. The summed E-state index contributed by atoms with van der Waals surface area (Å²) in [7, 11) is -3.80. The molecule has 1 aromatic heterocycles. The van der Waals surface area contributed by atoms with E-state index in [4.69, 9.17) is 4.42 Å². The lowest BCUT2D eigenvalue weighted by Crippen LogP contribution is -2.23. The first-order valence-electron chi connectivity index (χ1n) is 8.77. The van der Waals surface area contributed by atoms with Gasteiger partial charge >= 0.3 is 6.61 Å². The molecule has 0 bridgehead atoms. The number of benzene rings is 2. The average Bonchev–Trinajstić information content (AvgIpc) is 3.21. The van der Waals surface area contributed by atoms with Crippen molar-refractivity contribution in [1.29, 1.82) is 0 Å². The molecule has 0 aliphatic heterocycles. The van der Waals surface area contributed by atoms with E-state index in [0.29, 0.717) is 17.0 Å². The molecule has 3 rings (SSSR count). The first-order chi connectivity index (χ1) is 14.3. The summed E-state index contributed by atoms with van der Waals surface area (Å²) in [5.41, 5.74) is 0.886. The number of ether oxygens (including phenoxy) is 1. The molecule has 0 fully saturated rings. The lowest BCUT2D eigenvalue weighted by molar-refractivity contribution is -0.115. The van der Waals surface area contributed by atoms with Crippen molar-refractivity contribution in [3.63, 3.8) is 0 Å². The van der Waals surface area contributed by atoms with Crippen molar-refractivity contribution >= 4 is 21.6 Å². The van der Waals surface area contributed by atoms with Crippen LogP contribution in [0.15, 0.2) is 76.2 Å². The van der Waals surface area contributed by atoms with Crippen molar-refractivity contribution in [1.82, 2.24) is 4.72 Å². The minimum absolute atomic E-state index is 0.00279. The number of carbonyl (C=O) groups excluding carboxylic acids is 1. The molecule has 10 heteroatoms. The third kappa shape index (κ3) is 6.13. The van der Waals surface area contributed by atoms with E-state index in [9.17, 15) is 22.0 Å². The molecule has 3 aromatic rings. The highest BCUT2D eigenvalue weighted by molar-refractivity contribution is 7.89. The van der Waals surface area contributed by atoms with Crippen LogP contribution in [0.1, 0.15) is 11.3 Å². The number of nitrogens with one attached hydrogen (secondary N) is 2. The fraction of sp³-hybridized carbons (Fsp3) is 0.150. The van der Waals surface area contributed by atoms with Crippen molar-refractivity contribution < 1.29 is 31.1 Å². The fourth-order valence-electron chi connectivity index (χ4n) is 2.58. The number of anilines is 1. The fourth-order valence-corrected chi connectivity index (χ4v) is 3.62. The quantitative estimate of drug-likeness (QED) is 0.535. The highest BCUT2D eigenvalue weighted by atomic mass is 32.2. The lowest BCUT2D eigenvalue weighted by Gasteiger charge is -2.09. The molecule has 1 amide bonds. The first-order valence-corrected chi connectivity index (χ1v) is 10.3. The van der Waals surface area contributed by atoms with E-state index in [1.165, 1.54) is 48.7 Å². The van der Waals surface area contributed by atoms with Crippen LogP contribution >= 0.6 is 0 Å². The van der Waals surface area contributed by atoms with Crippen molar-refractivity contribution in [2.75, 3.05) is 5.32 Å². The molecule has 30 heavy (non-hydrogen) atoms. The van der Waals surface area contributed by atoms with Gasteiger partial charge in [-0.3, -0.25) is 4.79 Å². The standard InChI is InChI=1S/C20H18F2N2O5S/c21-20(22)29-16-8-6-14(7-9-16)11-19(25)24-15-3-1-5-18(12-15)30(26,27)23-13-17-4-2-10-28-17/h1-10,12,20,23H,11,13H2,(H,24,25). The van der Waals surface area contributed by atoms with E-state index < -0.39 is 22.5 Å². The van der Waals surface area contributed by atoms with Crippen LogP contribution in [0.5, 0.6) is 5.75 Å². The third-order valence-electron chi connectivity index (χ3n) is 3.96. The van der Waals surface area contributed by atoms with E-state index in [0.717, 1.165) is 0 Å². The Morgan fingerprint density at radius 2 is 1.83 bits per heavy atom. The summed E-state index contributed by atoms with van der Waals surface area (Å²) >= 11 is 0. The van der Waals surface area contributed by atoms with Crippen LogP contribution in [0.25, 0.3) is 0 Å². The number of rotatable bonds is 9. The van der Waals surface area contributed by atoms with E-state index in [-0.39, 0.29) is 23.6 Å². The van der Waals surface area contributed by atoms with Gasteiger partial charge in [-0.1, -0.05) is 18.2 Å². The summed E-state index contributed by atoms with van der Waals surface area (Å²) in [4.78, 5) is 12.2. The van der Waals surface area contributed by atoms with Gasteiger partial charge in [0.2, 0.25) is 15.9 Å². The Morgan fingerprint density at radius 3 is 2.50 bits per heavy atom. The van der Waals surface area contributed by atoms with Gasteiger partial charge in [0.15, 0.2) is 0 Å². The van der Waals surface area contributed by atoms with Gasteiger partial charge in [-0.05, 0) is 48.0 Å². The zero-order valence-corrected chi connectivity index (χ0v) is 16.4. The van der Waals surface area contributed by atoms with Crippen LogP contribution in [0, 0.1) is 0 Å². The Kier molecular flexibility index (Phi) is 6.80. The van der Waals surface area contributed by atoms with Crippen LogP contribution in [-0.4, -0.2) is 20.9 Å². The van der Waals surface area contributed by atoms with Gasteiger partial charge in [-0.2, -0.15) is 8.78 Å². The molecule has 7 nitrogen and oxygen atoms in total. The lowest BCUT2D eigenvalue weighted by atomic mass is 10.1. The number of hydrogen-bond acceptors (Lipinski definition) is 5. The predicted molar refractivity (Wildman–Crippen MR) is 105 cm³/mol. The number of hydrogen-bond donors (Lipinski definition) is 2. The number of carbonyl (C=O) groups is 1. The SMILES string of the molecule is O=C(Cc1ccc(OC(F)F)cc1)Nc1cccc(S(=O)(=O)NCc2ccco2)c1. The average molecular weight is 436 g/mol. The molecule has 0 unspecified atom stereocenters. The molecule has 158 valence electrons. The van der Waals surface area contributed by atoms with Crippen molar-refractivity contribution in [3.8, 4) is 5.75 Å². The second kappa shape index (κ2) is 9.51. The summed E-state index contributed by atoms with van der Waals surface area (Å²) in [6.07, 6.45) is 1.42. The maximum Gasteiger partial charge on any atom is 0.387 e. The third-order valence-corrected chi connectivity index (χ3v) is 5.36. The second-order valence-corrected chi connectivity index (χ2v) is 7.95. The van der Waals surface area contributed by atoms with Gasteiger partial charge in [0.25, 0.3) is 0 Å². The van der Waals surface area contributed by atoms with Gasteiger partial charge in [-0.25, -0.2) is 13.1 Å². The van der Waals surface area contributed by atoms with Crippen LogP contribution in [0.3, 0.4) is 0 Å². The molecule has 0 spiro atoms. The molecular formula is C20H18F2N2O5S. The van der Waals surface area contributed by atoms with Gasteiger partial charge < -0.3 is 14.5 Å². The van der Waals surface area contributed by atoms with E-state index >= 15 is 0 Å². The Hall–Kier alpha value is -3.24.